The van der Waals surface area contributed by atoms with Crippen LogP contribution < -0.4 is 11.1 Å². The number of carbonyl (C=O) groups excluding carboxylic acids is 1. The molecular weight excluding hydrogens is 210 g/mol. The first-order valence-electron chi connectivity index (χ1n) is 5.64. The molecule has 0 radical (unpaired) electrons. The zero-order chi connectivity index (χ0) is 12.0. The average molecular weight is 229 g/mol. The average Bonchev–Trinajstić information content (AvgIpc) is 2.50. The summed E-state index contributed by atoms with van der Waals surface area (Å²) in [6, 6.07) is -1.01. The summed E-state index contributed by atoms with van der Waals surface area (Å²) < 4.78 is 0. The smallest absolute Gasteiger partial charge is 0.326 e. The Morgan fingerprint density at radius 1 is 1.38 bits per heavy atom. The molecule has 0 saturated carbocycles. The van der Waals surface area contributed by atoms with Gasteiger partial charge in [-0.3, -0.25) is 0 Å². The summed E-state index contributed by atoms with van der Waals surface area (Å²) >= 11 is 0. The van der Waals surface area contributed by atoms with Gasteiger partial charge in [0, 0.05) is 19.6 Å². The summed E-state index contributed by atoms with van der Waals surface area (Å²) in [5, 5.41) is 11.7. The predicted molar refractivity (Wildman–Crippen MR) is 59.1 cm³/mol. The Morgan fingerprint density at radius 3 is 2.75 bits per heavy atom. The first kappa shape index (κ1) is 12.8. The van der Waals surface area contributed by atoms with Gasteiger partial charge >= 0.3 is 12.0 Å². The van der Waals surface area contributed by atoms with Crippen molar-refractivity contribution in [1.82, 2.24) is 10.2 Å². The number of urea groups is 1. The lowest BCUT2D eigenvalue weighted by Gasteiger charge is -2.26. The van der Waals surface area contributed by atoms with Crippen LogP contribution in [0.4, 0.5) is 4.79 Å². The van der Waals surface area contributed by atoms with Gasteiger partial charge in [-0.05, 0) is 12.8 Å². The fourth-order valence-electron chi connectivity index (χ4n) is 1.89. The van der Waals surface area contributed by atoms with E-state index in [0.717, 1.165) is 19.3 Å². The van der Waals surface area contributed by atoms with Crippen molar-refractivity contribution in [2.24, 2.45) is 5.73 Å². The maximum Gasteiger partial charge on any atom is 0.326 e. The van der Waals surface area contributed by atoms with E-state index < -0.39 is 12.0 Å². The molecule has 1 atom stereocenters. The molecule has 1 rings (SSSR count). The number of nitrogens with two attached hydrogens (primary N) is 1. The van der Waals surface area contributed by atoms with Gasteiger partial charge in [0.15, 0.2) is 0 Å². The zero-order valence-electron chi connectivity index (χ0n) is 9.32. The number of carboxylic acid groups (broad SMARTS) is 1. The number of rotatable bonds is 3. The highest BCUT2D eigenvalue weighted by Gasteiger charge is 2.30. The highest BCUT2D eigenvalue weighted by molar-refractivity contribution is 5.82. The van der Waals surface area contributed by atoms with Gasteiger partial charge in [0.05, 0.1) is 0 Å². The molecule has 4 N–H and O–H groups in total. The van der Waals surface area contributed by atoms with E-state index in [0.29, 0.717) is 26.1 Å². The second-order valence-electron chi connectivity index (χ2n) is 3.92. The van der Waals surface area contributed by atoms with Crippen molar-refractivity contribution in [2.45, 2.75) is 31.7 Å². The molecular formula is C10H19N3O3. The number of hydrogen-bond donors (Lipinski definition) is 3. The molecule has 6 nitrogen and oxygen atoms in total. The number of aliphatic carboxylic acids is 1. The Hall–Kier alpha value is -1.30. The van der Waals surface area contributed by atoms with Crippen molar-refractivity contribution in [1.29, 1.82) is 0 Å². The molecule has 1 fully saturated rings. The topological polar surface area (TPSA) is 95.7 Å². The lowest BCUT2D eigenvalue weighted by molar-refractivity contribution is -0.142. The number of carboxylic acids is 1. The van der Waals surface area contributed by atoms with Gasteiger partial charge in [0.1, 0.15) is 6.04 Å². The van der Waals surface area contributed by atoms with Crippen LogP contribution in [-0.4, -0.2) is 47.7 Å². The molecule has 0 aliphatic carbocycles. The summed E-state index contributed by atoms with van der Waals surface area (Å²) in [5.74, 6) is -0.926. The summed E-state index contributed by atoms with van der Waals surface area (Å²) in [5.41, 5.74) is 5.28. The minimum Gasteiger partial charge on any atom is -0.480 e. The summed E-state index contributed by atoms with van der Waals surface area (Å²) in [6.45, 7) is 1.24. The van der Waals surface area contributed by atoms with Crippen molar-refractivity contribution in [3.63, 3.8) is 0 Å². The number of amides is 2. The Morgan fingerprint density at radius 2 is 2.12 bits per heavy atom. The highest BCUT2D eigenvalue weighted by Crippen LogP contribution is 2.16. The number of likely N-dealkylation sites (tertiary alicyclic amines) is 1. The number of hydrogen-bond acceptors (Lipinski definition) is 3. The number of carbonyl (C=O) groups is 2. The van der Waals surface area contributed by atoms with E-state index in [4.69, 9.17) is 10.8 Å². The molecule has 1 aliphatic heterocycles. The lowest BCUT2D eigenvalue weighted by atomic mass is 10.1. The minimum absolute atomic E-state index is 0.320. The van der Waals surface area contributed by atoms with Crippen molar-refractivity contribution < 1.29 is 14.7 Å². The monoisotopic (exact) mass is 229 g/mol. The normalized spacial score (nSPS) is 21.3. The summed E-state index contributed by atoms with van der Waals surface area (Å²) in [6.07, 6.45) is 3.23. The number of nitrogens with zero attached hydrogens (tertiary/aromatic N) is 1. The molecule has 2 amide bonds. The maximum absolute atomic E-state index is 11.7. The van der Waals surface area contributed by atoms with Crippen LogP contribution in [0.15, 0.2) is 0 Å². The third-order valence-electron chi connectivity index (χ3n) is 2.72. The van der Waals surface area contributed by atoms with Crippen molar-refractivity contribution >= 4 is 12.0 Å². The second kappa shape index (κ2) is 6.32. The van der Waals surface area contributed by atoms with E-state index >= 15 is 0 Å². The highest BCUT2D eigenvalue weighted by atomic mass is 16.4. The van der Waals surface area contributed by atoms with Crippen LogP contribution in [0.5, 0.6) is 0 Å². The fourth-order valence-corrected chi connectivity index (χ4v) is 1.89. The Labute approximate surface area is 94.8 Å². The van der Waals surface area contributed by atoms with Crippen LogP contribution in [0.3, 0.4) is 0 Å². The predicted octanol–water partition coefficient (Wildman–Crippen LogP) is -0.0161. The third-order valence-corrected chi connectivity index (χ3v) is 2.72. The SMILES string of the molecule is NCCNC(=O)N1CCCCCC1C(=O)O. The molecule has 0 aromatic heterocycles. The molecule has 1 saturated heterocycles. The van der Waals surface area contributed by atoms with E-state index in [1.54, 1.807) is 0 Å². The zero-order valence-corrected chi connectivity index (χ0v) is 9.32. The lowest BCUT2D eigenvalue weighted by Crippen LogP contribution is -2.50. The minimum atomic E-state index is -0.926. The maximum atomic E-state index is 11.7. The Kier molecular flexibility index (Phi) is 5.04. The molecule has 0 bridgehead atoms. The van der Waals surface area contributed by atoms with E-state index in [-0.39, 0.29) is 6.03 Å². The second-order valence-corrected chi connectivity index (χ2v) is 3.92. The first-order valence-corrected chi connectivity index (χ1v) is 5.64. The van der Waals surface area contributed by atoms with Gasteiger partial charge in [-0.1, -0.05) is 12.8 Å². The molecule has 6 heteroatoms. The van der Waals surface area contributed by atoms with Crippen LogP contribution in [0.2, 0.25) is 0 Å². The van der Waals surface area contributed by atoms with Gasteiger partial charge in [-0.15, -0.1) is 0 Å². The van der Waals surface area contributed by atoms with Gasteiger partial charge < -0.3 is 21.1 Å². The van der Waals surface area contributed by atoms with Crippen LogP contribution in [0.1, 0.15) is 25.7 Å². The Balaban J connectivity index is 2.63. The molecule has 1 unspecified atom stereocenters. The largest absolute Gasteiger partial charge is 0.480 e. The molecule has 16 heavy (non-hydrogen) atoms. The van der Waals surface area contributed by atoms with Crippen molar-refractivity contribution in [3.8, 4) is 0 Å². The van der Waals surface area contributed by atoms with E-state index in [1.165, 1.54) is 4.90 Å². The molecule has 0 spiro atoms. The molecule has 1 aliphatic rings. The van der Waals surface area contributed by atoms with Crippen molar-refractivity contribution in [2.75, 3.05) is 19.6 Å². The van der Waals surface area contributed by atoms with Crippen LogP contribution in [0.25, 0.3) is 0 Å². The molecule has 92 valence electrons. The van der Waals surface area contributed by atoms with Gasteiger partial charge in [-0.25, -0.2) is 9.59 Å². The van der Waals surface area contributed by atoms with Gasteiger partial charge in [0.2, 0.25) is 0 Å². The fraction of sp³-hybridized carbons (Fsp3) is 0.800. The van der Waals surface area contributed by atoms with Gasteiger partial charge in [-0.2, -0.15) is 0 Å². The van der Waals surface area contributed by atoms with E-state index in [9.17, 15) is 9.59 Å². The van der Waals surface area contributed by atoms with E-state index in [2.05, 4.69) is 5.32 Å². The quantitative estimate of drug-likeness (QED) is 0.634. The van der Waals surface area contributed by atoms with Crippen LogP contribution >= 0.6 is 0 Å². The van der Waals surface area contributed by atoms with Crippen LogP contribution in [0, 0.1) is 0 Å². The van der Waals surface area contributed by atoms with Crippen molar-refractivity contribution in [3.05, 3.63) is 0 Å². The summed E-state index contributed by atoms with van der Waals surface area (Å²) in [7, 11) is 0. The third kappa shape index (κ3) is 3.37. The first-order chi connectivity index (χ1) is 7.66. The van der Waals surface area contributed by atoms with E-state index in [1.807, 2.05) is 0 Å². The Bertz CT molecular complexity index is 258. The van der Waals surface area contributed by atoms with Gasteiger partial charge in [0.25, 0.3) is 0 Å². The standard InChI is InChI=1S/C10H19N3O3/c11-5-6-12-10(16)13-7-3-1-2-4-8(13)9(14)15/h8H,1-7,11H2,(H,12,16)(H,14,15). The molecule has 1 heterocycles. The molecule has 0 aromatic rings. The van der Waals surface area contributed by atoms with Crippen LogP contribution in [-0.2, 0) is 4.79 Å². The summed E-state index contributed by atoms with van der Waals surface area (Å²) in [4.78, 5) is 24.2. The number of nitrogens with one attached hydrogen (secondary N) is 1. The molecule has 0 aromatic carbocycles.